The smallest absolute Gasteiger partial charge is 0.308 e. The number of hydrogen-bond acceptors (Lipinski definition) is 4. The summed E-state index contributed by atoms with van der Waals surface area (Å²) in [5.41, 5.74) is 0.130. The molecule has 2 heterocycles. The molecule has 136 valence electrons. The van der Waals surface area contributed by atoms with Crippen molar-refractivity contribution in [3.05, 3.63) is 59.4 Å². The van der Waals surface area contributed by atoms with E-state index in [4.69, 9.17) is 4.74 Å². The topological polar surface area (TPSA) is 79.7 Å². The molecule has 1 fully saturated rings. The number of aliphatic carboxylic acids is 1. The van der Waals surface area contributed by atoms with E-state index in [0.717, 1.165) is 12.1 Å². The Labute approximate surface area is 148 Å². The minimum absolute atomic E-state index is 0.0562. The van der Waals surface area contributed by atoms with E-state index < -0.39 is 40.9 Å². The zero-order chi connectivity index (χ0) is 18.8. The van der Waals surface area contributed by atoms with E-state index in [1.54, 1.807) is 18.3 Å². The highest BCUT2D eigenvalue weighted by Crippen LogP contribution is 2.35. The number of halogens is 2. The molecule has 0 aliphatic carbocycles. The van der Waals surface area contributed by atoms with Gasteiger partial charge < -0.3 is 14.7 Å². The van der Waals surface area contributed by atoms with Gasteiger partial charge in [-0.05, 0) is 23.8 Å². The maximum absolute atomic E-state index is 14.2. The van der Waals surface area contributed by atoms with Gasteiger partial charge in [0.2, 0.25) is 0 Å². The van der Waals surface area contributed by atoms with Gasteiger partial charge in [0, 0.05) is 31.4 Å². The van der Waals surface area contributed by atoms with E-state index in [9.17, 15) is 23.5 Å². The lowest BCUT2D eigenvalue weighted by atomic mass is 9.90. The van der Waals surface area contributed by atoms with Crippen molar-refractivity contribution in [3.8, 4) is 5.75 Å². The fourth-order valence-electron chi connectivity index (χ4n) is 3.21. The highest BCUT2D eigenvalue weighted by atomic mass is 19.2. The molecule has 6 nitrogen and oxygen atoms in total. The Hall–Kier alpha value is -3.03. The van der Waals surface area contributed by atoms with Crippen LogP contribution in [0.1, 0.15) is 21.8 Å². The Morgan fingerprint density at radius 2 is 2.04 bits per heavy atom. The van der Waals surface area contributed by atoms with E-state index in [1.807, 2.05) is 0 Å². The number of carbonyl (C=O) groups is 2. The normalized spacial score (nSPS) is 19.4. The number of carboxylic acids is 1. The molecular formula is C18H16F2N2O4. The lowest BCUT2D eigenvalue weighted by Gasteiger charge is -2.18. The molecule has 1 aliphatic rings. The number of carboxylic acid groups (broad SMARTS) is 1. The van der Waals surface area contributed by atoms with Crippen LogP contribution in [0.3, 0.4) is 0 Å². The first kappa shape index (κ1) is 17.8. The first-order chi connectivity index (χ1) is 12.4. The third kappa shape index (κ3) is 3.10. The van der Waals surface area contributed by atoms with Gasteiger partial charge in [0.25, 0.3) is 5.91 Å². The lowest BCUT2D eigenvalue weighted by molar-refractivity contribution is -0.141. The molecule has 26 heavy (non-hydrogen) atoms. The van der Waals surface area contributed by atoms with E-state index in [2.05, 4.69) is 4.98 Å². The molecule has 2 aromatic rings. The fraction of sp³-hybridized carbons (Fsp3) is 0.278. The van der Waals surface area contributed by atoms with E-state index >= 15 is 0 Å². The Morgan fingerprint density at radius 3 is 2.65 bits per heavy atom. The largest absolute Gasteiger partial charge is 0.496 e. The highest BCUT2D eigenvalue weighted by molar-refractivity contribution is 5.98. The van der Waals surface area contributed by atoms with Crippen LogP contribution in [0, 0.1) is 17.6 Å². The molecule has 0 saturated carbocycles. The average Bonchev–Trinajstić information content (AvgIpc) is 3.10. The number of carbonyl (C=O) groups excluding carboxylic acids is 1. The SMILES string of the molecule is COc1ccc(F)c(F)c1C(=O)N1C[C@@H](C(=O)O)[C@H](c2cccnc2)C1. The van der Waals surface area contributed by atoms with Gasteiger partial charge in [0.15, 0.2) is 11.6 Å². The summed E-state index contributed by atoms with van der Waals surface area (Å²) in [6.07, 6.45) is 3.10. The molecule has 1 saturated heterocycles. The molecule has 1 amide bonds. The number of aromatic nitrogens is 1. The van der Waals surface area contributed by atoms with Crippen LogP contribution in [0.5, 0.6) is 5.75 Å². The molecule has 0 radical (unpaired) electrons. The summed E-state index contributed by atoms with van der Waals surface area (Å²) < 4.78 is 32.8. The van der Waals surface area contributed by atoms with Crippen LogP contribution in [-0.2, 0) is 4.79 Å². The maximum atomic E-state index is 14.2. The Bertz CT molecular complexity index is 845. The van der Waals surface area contributed by atoms with Crippen LogP contribution in [-0.4, -0.2) is 47.1 Å². The average molecular weight is 362 g/mol. The van der Waals surface area contributed by atoms with Crippen molar-refractivity contribution in [2.45, 2.75) is 5.92 Å². The van der Waals surface area contributed by atoms with Crippen molar-refractivity contribution in [3.63, 3.8) is 0 Å². The molecule has 3 rings (SSSR count). The Balaban J connectivity index is 1.95. The summed E-state index contributed by atoms with van der Waals surface area (Å²) in [5.74, 6) is -5.83. The van der Waals surface area contributed by atoms with Crippen molar-refractivity contribution < 1.29 is 28.2 Å². The molecule has 0 spiro atoms. The number of nitrogens with zero attached hydrogens (tertiary/aromatic N) is 2. The van der Waals surface area contributed by atoms with Crippen LogP contribution < -0.4 is 4.74 Å². The monoisotopic (exact) mass is 362 g/mol. The van der Waals surface area contributed by atoms with Crippen molar-refractivity contribution >= 4 is 11.9 Å². The Kier molecular flexibility index (Phi) is 4.83. The first-order valence-corrected chi connectivity index (χ1v) is 7.88. The van der Waals surface area contributed by atoms with Crippen LogP contribution in [0.25, 0.3) is 0 Å². The summed E-state index contributed by atoms with van der Waals surface area (Å²) in [6, 6.07) is 5.43. The quantitative estimate of drug-likeness (QED) is 0.903. The van der Waals surface area contributed by atoms with E-state index in [1.165, 1.54) is 18.2 Å². The number of rotatable bonds is 4. The van der Waals surface area contributed by atoms with Gasteiger partial charge in [0.05, 0.1) is 13.0 Å². The molecule has 1 aromatic heterocycles. The molecule has 0 unspecified atom stereocenters. The summed E-state index contributed by atoms with van der Waals surface area (Å²) in [6.45, 7) is -0.0621. The molecule has 2 atom stereocenters. The van der Waals surface area contributed by atoms with Gasteiger partial charge in [-0.1, -0.05) is 6.07 Å². The minimum Gasteiger partial charge on any atom is -0.496 e. The highest BCUT2D eigenvalue weighted by Gasteiger charge is 2.42. The number of likely N-dealkylation sites (tertiary alicyclic amines) is 1. The zero-order valence-corrected chi connectivity index (χ0v) is 13.9. The molecule has 1 aliphatic heterocycles. The third-order valence-corrected chi connectivity index (χ3v) is 4.53. The number of methoxy groups -OCH3 is 1. The number of benzene rings is 1. The van der Waals surface area contributed by atoms with Gasteiger partial charge in [-0.3, -0.25) is 14.6 Å². The van der Waals surface area contributed by atoms with Crippen LogP contribution in [0.15, 0.2) is 36.7 Å². The number of hydrogen-bond donors (Lipinski definition) is 1. The van der Waals surface area contributed by atoms with Gasteiger partial charge >= 0.3 is 5.97 Å². The molecule has 1 aromatic carbocycles. The number of ether oxygens (including phenoxy) is 1. The molecule has 0 bridgehead atoms. The van der Waals surface area contributed by atoms with Gasteiger partial charge in [-0.15, -0.1) is 0 Å². The minimum atomic E-state index is -1.31. The second kappa shape index (κ2) is 7.07. The van der Waals surface area contributed by atoms with Crippen molar-refractivity contribution in [1.29, 1.82) is 0 Å². The Morgan fingerprint density at radius 1 is 1.27 bits per heavy atom. The van der Waals surface area contributed by atoms with Crippen LogP contribution in [0.2, 0.25) is 0 Å². The van der Waals surface area contributed by atoms with Gasteiger partial charge in [0.1, 0.15) is 11.3 Å². The van der Waals surface area contributed by atoms with Crippen molar-refractivity contribution in [2.75, 3.05) is 20.2 Å². The third-order valence-electron chi connectivity index (χ3n) is 4.53. The second-order valence-electron chi connectivity index (χ2n) is 5.99. The number of amides is 1. The molecule has 8 heteroatoms. The van der Waals surface area contributed by atoms with Gasteiger partial charge in [-0.25, -0.2) is 8.78 Å². The summed E-state index contributed by atoms with van der Waals surface area (Å²) in [4.78, 5) is 29.6. The molecular weight excluding hydrogens is 346 g/mol. The van der Waals surface area contributed by atoms with Gasteiger partial charge in [-0.2, -0.15) is 0 Å². The van der Waals surface area contributed by atoms with Crippen LogP contribution in [0.4, 0.5) is 8.78 Å². The van der Waals surface area contributed by atoms with Crippen molar-refractivity contribution in [2.24, 2.45) is 5.92 Å². The second-order valence-corrected chi connectivity index (χ2v) is 5.99. The first-order valence-electron chi connectivity index (χ1n) is 7.88. The number of pyridine rings is 1. The fourth-order valence-corrected chi connectivity index (χ4v) is 3.21. The lowest BCUT2D eigenvalue weighted by Crippen LogP contribution is -2.31. The van der Waals surface area contributed by atoms with E-state index in [0.29, 0.717) is 5.56 Å². The standard InChI is InChI=1S/C18H16F2N2O4/c1-26-14-5-4-13(19)16(20)15(14)17(23)22-8-11(12(9-22)18(24)25)10-3-2-6-21-7-10/h2-7,11-12H,8-9H2,1H3,(H,24,25)/t11-,12+/m0/s1. The van der Waals surface area contributed by atoms with Crippen molar-refractivity contribution in [1.82, 2.24) is 9.88 Å². The summed E-state index contributed by atoms with van der Waals surface area (Å²) >= 11 is 0. The predicted molar refractivity (Wildman–Crippen MR) is 86.9 cm³/mol. The predicted octanol–water partition coefficient (Wildman–Crippen LogP) is 2.31. The van der Waals surface area contributed by atoms with E-state index in [-0.39, 0.29) is 18.8 Å². The zero-order valence-electron chi connectivity index (χ0n) is 13.9. The molecule has 1 N–H and O–H groups in total. The summed E-state index contributed by atoms with van der Waals surface area (Å²) in [7, 11) is 1.24. The summed E-state index contributed by atoms with van der Waals surface area (Å²) in [5, 5.41) is 9.50. The maximum Gasteiger partial charge on any atom is 0.308 e. The van der Waals surface area contributed by atoms with Crippen LogP contribution >= 0.6 is 0 Å².